The summed E-state index contributed by atoms with van der Waals surface area (Å²) < 4.78 is 0. The van der Waals surface area contributed by atoms with Gasteiger partial charge in [-0.05, 0) is 25.7 Å². The molecule has 5 amide bonds. The van der Waals surface area contributed by atoms with Crippen molar-refractivity contribution in [1.29, 1.82) is 0 Å². The minimum atomic E-state index is -0.628. The number of likely N-dealkylation sites (tertiary alicyclic amines) is 1. The molecule has 3 rings (SSSR count). The first-order valence-electron chi connectivity index (χ1n) is 8.67. The second-order valence-corrected chi connectivity index (χ2v) is 6.77. The fourth-order valence-electron chi connectivity index (χ4n) is 3.80. The van der Waals surface area contributed by atoms with E-state index in [1.165, 1.54) is 6.42 Å². The van der Waals surface area contributed by atoms with Gasteiger partial charge in [0, 0.05) is 6.04 Å². The van der Waals surface area contributed by atoms with Crippen LogP contribution in [0.1, 0.15) is 44.9 Å². The van der Waals surface area contributed by atoms with Gasteiger partial charge in [0.15, 0.2) is 0 Å². The maximum Gasteiger partial charge on any atom is 0.321 e. The van der Waals surface area contributed by atoms with Crippen molar-refractivity contribution in [1.82, 2.24) is 15.5 Å². The number of carbonyl (C=O) groups is 4. The predicted molar refractivity (Wildman–Crippen MR) is 85.6 cm³/mol. The fourth-order valence-corrected chi connectivity index (χ4v) is 3.80. The number of hydrogen-bond acceptors (Lipinski definition) is 4. The SMILES string of the molecule is O=C(CN1C(=O)[C@@H]2CC=CC[C@H]2C1=O)NC(=O)NC1CCCCC1. The normalized spacial score (nSPS) is 27.1. The van der Waals surface area contributed by atoms with E-state index in [0.717, 1.165) is 30.6 Å². The monoisotopic (exact) mass is 333 g/mol. The van der Waals surface area contributed by atoms with Crippen molar-refractivity contribution in [2.75, 3.05) is 6.54 Å². The van der Waals surface area contributed by atoms with Gasteiger partial charge in [0.25, 0.3) is 0 Å². The molecule has 24 heavy (non-hydrogen) atoms. The van der Waals surface area contributed by atoms with E-state index in [-0.39, 0.29) is 36.2 Å². The van der Waals surface area contributed by atoms with Crippen LogP contribution in [0.2, 0.25) is 0 Å². The number of rotatable bonds is 3. The summed E-state index contributed by atoms with van der Waals surface area (Å²) in [4.78, 5) is 49.4. The van der Waals surface area contributed by atoms with E-state index in [1.54, 1.807) is 0 Å². The summed E-state index contributed by atoms with van der Waals surface area (Å²) in [5.41, 5.74) is 0. The van der Waals surface area contributed by atoms with E-state index in [1.807, 2.05) is 12.2 Å². The van der Waals surface area contributed by atoms with Crippen LogP contribution in [0.25, 0.3) is 0 Å². The maximum atomic E-state index is 12.3. The maximum absolute atomic E-state index is 12.3. The molecule has 0 radical (unpaired) electrons. The van der Waals surface area contributed by atoms with Crippen LogP contribution in [0.15, 0.2) is 12.2 Å². The Morgan fingerprint density at radius 2 is 1.58 bits per heavy atom. The molecule has 1 heterocycles. The average Bonchev–Trinajstić information content (AvgIpc) is 2.81. The molecule has 2 aliphatic carbocycles. The second-order valence-electron chi connectivity index (χ2n) is 6.77. The largest absolute Gasteiger partial charge is 0.335 e. The summed E-state index contributed by atoms with van der Waals surface area (Å²) in [6.07, 6.45) is 10.0. The van der Waals surface area contributed by atoms with Crippen molar-refractivity contribution in [2.24, 2.45) is 11.8 Å². The van der Waals surface area contributed by atoms with Crippen molar-refractivity contribution in [3.63, 3.8) is 0 Å². The summed E-state index contributed by atoms with van der Waals surface area (Å²) >= 11 is 0. The third kappa shape index (κ3) is 3.49. The van der Waals surface area contributed by atoms with Crippen LogP contribution in [0.3, 0.4) is 0 Å². The first-order valence-corrected chi connectivity index (χ1v) is 8.67. The molecule has 0 aromatic carbocycles. The van der Waals surface area contributed by atoms with Crippen LogP contribution in [0.5, 0.6) is 0 Å². The van der Waals surface area contributed by atoms with Crippen molar-refractivity contribution < 1.29 is 19.2 Å². The second kappa shape index (κ2) is 7.15. The van der Waals surface area contributed by atoms with Gasteiger partial charge in [-0.2, -0.15) is 0 Å². The van der Waals surface area contributed by atoms with Crippen LogP contribution >= 0.6 is 0 Å². The lowest BCUT2D eigenvalue weighted by molar-refractivity contribution is -0.143. The molecule has 7 nitrogen and oxygen atoms in total. The van der Waals surface area contributed by atoms with E-state index >= 15 is 0 Å². The molecule has 2 N–H and O–H groups in total. The van der Waals surface area contributed by atoms with Crippen LogP contribution in [-0.4, -0.2) is 41.2 Å². The Kier molecular flexibility index (Phi) is 4.97. The summed E-state index contributed by atoms with van der Waals surface area (Å²) in [5, 5.41) is 5.00. The Morgan fingerprint density at radius 3 is 2.17 bits per heavy atom. The molecule has 1 saturated carbocycles. The van der Waals surface area contributed by atoms with Crippen LogP contribution in [0, 0.1) is 11.8 Å². The molecular formula is C17H23N3O4. The molecular weight excluding hydrogens is 310 g/mol. The minimum Gasteiger partial charge on any atom is -0.335 e. The Morgan fingerprint density at radius 1 is 1.00 bits per heavy atom. The van der Waals surface area contributed by atoms with Gasteiger partial charge >= 0.3 is 6.03 Å². The van der Waals surface area contributed by atoms with Gasteiger partial charge in [-0.3, -0.25) is 24.6 Å². The van der Waals surface area contributed by atoms with E-state index in [4.69, 9.17) is 0 Å². The zero-order valence-corrected chi connectivity index (χ0v) is 13.6. The number of carbonyl (C=O) groups excluding carboxylic acids is 4. The quantitative estimate of drug-likeness (QED) is 0.597. The molecule has 3 aliphatic rings. The van der Waals surface area contributed by atoms with Gasteiger partial charge in [-0.1, -0.05) is 31.4 Å². The van der Waals surface area contributed by atoms with Gasteiger partial charge in [0.2, 0.25) is 17.7 Å². The van der Waals surface area contributed by atoms with Crippen LogP contribution in [0.4, 0.5) is 4.79 Å². The Bertz CT molecular complexity index is 554. The molecule has 0 bridgehead atoms. The zero-order chi connectivity index (χ0) is 17.1. The minimum absolute atomic E-state index is 0.0931. The number of fused-ring (bicyclic) bond motifs is 1. The number of nitrogens with zero attached hydrogens (tertiary/aromatic N) is 1. The third-order valence-electron chi connectivity index (χ3n) is 5.09. The lowest BCUT2D eigenvalue weighted by Crippen LogP contribution is -2.49. The van der Waals surface area contributed by atoms with E-state index in [2.05, 4.69) is 10.6 Å². The van der Waals surface area contributed by atoms with Crippen molar-refractivity contribution in [3.8, 4) is 0 Å². The van der Waals surface area contributed by atoms with E-state index < -0.39 is 11.9 Å². The Balaban J connectivity index is 1.50. The van der Waals surface area contributed by atoms with Crippen LogP contribution < -0.4 is 10.6 Å². The molecule has 2 atom stereocenters. The molecule has 0 aromatic rings. The summed E-state index contributed by atoms with van der Waals surface area (Å²) in [6, 6.07) is -0.458. The number of imide groups is 2. The smallest absolute Gasteiger partial charge is 0.321 e. The number of nitrogens with one attached hydrogen (secondary N) is 2. The summed E-state index contributed by atoms with van der Waals surface area (Å²) in [7, 11) is 0. The highest BCUT2D eigenvalue weighted by Crippen LogP contribution is 2.34. The lowest BCUT2D eigenvalue weighted by Gasteiger charge is -2.22. The first-order chi connectivity index (χ1) is 11.6. The molecule has 0 unspecified atom stereocenters. The van der Waals surface area contributed by atoms with Crippen molar-refractivity contribution in [3.05, 3.63) is 12.2 Å². The van der Waals surface area contributed by atoms with Gasteiger partial charge in [0.1, 0.15) is 6.54 Å². The Labute approximate surface area is 140 Å². The highest BCUT2D eigenvalue weighted by molar-refractivity contribution is 6.08. The highest BCUT2D eigenvalue weighted by Gasteiger charge is 2.47. The molecule has 1 saturated heterocycles. The van der Waals surface area contributed by atoms with E-state index in [0.29, 0.717) is 12.8 Å². The van der Waals surface area contributed by atoms with Crippen LogP contribution in [-0.2, 0) is 14.4 Å². The van der Waals surface area contributed by atoms with E-state index in [9.17, 15) is 19.2 Å². The predicted octanol–water partition coefficient (Wildman–Crippen LogP) is 1.10. The average molecular weight is 333 g/mol. The fraction of sp³-hybridized carbons (Fsp3) is 0.647. The molecule has 0 spiro atoms. The van der Waals surface area contributed by atoms with Gasteiger partial charge < -0.3 is 5.32 Å². The molecule has 0 aromatic heterocycles. The molecule has 1 aliphatic heterocycles. The van der Waals surface area contributed by atoms with Gasteiger partial charge in [-0.25, -0.2) is 4.79 Å². The molecule has 130 valence electrons. The molecule has 2 fully saturated rings. The molecule has 7 heteroatoms. The Hall–Kier alpha value is -2.18. The first kappa shape index (κ1) is 16.7. The zero-order valence-electron chi connectivity index (χ0n) is 13.6. The standard InChI is InChI=1S/C17H23N3O4/c21-14(19-17(24)18-11-6-2-1-3-7-11)10-20-15(22)12-8-4-5-9-13(12)16(20)23/h4-5,11-13H,1-3,6-10H2,(H2,18,19,21,24)/t12-,13-/m1/s1. The van der Waals surface area contributed by atoms with Crippen molar-refractivity contribution >= 4 is 23.8 Å². The number of urea groups is 1. The summed E-state index contributed by atoms with van der Waals surface area (Å²) in [6.45, 7) is -0.386. The van der Waals surface area contributed by atoms with Gasteiger partial charge in [0.05, 0.1) is 11.8 Å². The number of amides is 5. The highest BCUT2D eigenvalue weighted by atomic mass is 16.2. The van der Waals surface area contributed by atoms with Crippen molar-refractivity contribution in [2.45, 2.75) is 51.0 Å². The number of hydrogen-bond donors (Lipinski definition) is 2. The van der Waals surface area contributed by atoms with Gasteiger partial charge in [-0.15, -0.1) is 0 Å². The number of allylic oxidation sites excluding steroid dienone is 2. The third-order valence-corrected chi connectivity index (χ3v) is 5.09. The topological polar surface area (TPSA) is 95.6 Å². The lowest BCUT2D eigenvalue weighted by atomic mass is 9.85. The summed E-state index contributed by atoms with van der Waals surface area (Å²) in [5.74, 6) is -1.95.